The van der Waals surface area contributed by atoms with Gasteiger partial charge in [-0.05, 0) is 17.7 Å². The van der Waals surface area contributed by atoms with E-state index in [9.17, 15) is 9.59 Å². The minimum Gasteiger partial charge on any atom is -0.344 e. The van der Waals surface area contributed by atoms with E-state index < -0.39 is 11.7 Å². The van der Waals surface area contributed by atoms with Gasteiger partial charge in [0, 0.05) is 11.1 Å². The molecule has 0 saturated carbocycles. The van der Waals surface area contributed by atoms with Crippen LogP contribution >= 0.6 is 0 Å². The third kappa shape index (κ3) is 2.84. The first-order chi connectivity index (χ1) is 13.2. The Hall–Kier alpha value is -3.55. The Balaban J connectivity index is 1.76. The summed E-state index contributed by atoms with van der Waals surface area (Å²) in [6.45, 7) is 0. The summed E-state index contributed by atoms with van der Waals surface area (Å²) in [6, 6.07) is 26.2. The van der Waals surface area contributed by atoms with Crippen molar-refractivity contribution in [2.75, 3.05) is 0 Å². The van der Waals surface area contributed by atoms with E-state index in [-0.39, 0.29) is 11.6 Å². The Bertz CT molecular complexity index is 983. The van der Waals surface area contributed by atoms with Gasteiger partial charge in [-0.25, -0.2) is 0 Å². The van der Waals surface area contributed by atoms with Crippen LogP contribution in [0.4, 0.5) is 0 Å². The quantitative estimate of drug-likeness (QED) is 0.393. The molecule has 0 radical (unpaired) electrons. The second kappa shape index (κ2) is 6.64. The number of ether oxygens (including phenoxy) is 1. The molecule has 0 aromatic heterocycles. The molecule has 1 fully saturated rings. The summed E-state index contributed by atoms with van der Waals surface area (Å²) in [7, 11) is 0. The molecule has 0 bridgehead atoms. The number of hydrogen-bond acceptors (Lipinski definition) is 4. The SMILES string of the molecule is N#Cc1ccc([C@H]2OC2(C(=O)c2ccccc2)C(=O)c2ccccc2)cc1. The average molecular weight is 353 g/mol. The topological polar surface area (TPSA) is 70.5 Å². The molecule has 130 valence electrons. The van der Waals surface area contributed by atoms with Crippen molar-refractivity contribution < 1.29 is 14.3 Å². The summed E-state index contributed by atoms with van der Waals surface area (Å²) >= 11 is 0. The van der Waals surface area contributed by atoms with E-state index in [0.29, 0.717) is 22.3 Å². The van der Waals surface area contributed by atoms with E-state index in [0.717, 1.165) is 0 Å². The van der Waals surface area contributed by atoms with Gasteiger partial charge in [-0.1, -0.05) is 72.8 Å². The Morgan fingerprint density at radius 3 is 1.70 bits per heavy atom. The van der Waals surface area contributed by atoms with Crippen LogP contribution in [-0.2, 0) is 4.74 Å². The van der Waals surface area contributed by atoms with Crippen LogP contribution in [0.3, 0.4) is 0 Å². The van der Waals surface area contributed by atoms with Crippen molar-refractivity contribution in [2.45, 2.75) is 11.7 Å². The first kappa shape index (κ1) is 16.9. The van der Waals surface area contributed by atoms with Gasteiger partial charge in [0.1, 0.15) is 6.10 Å². The van der Waals surface area contributed by atoms with Crippen molar-refractivity contribution in [1.82, 2.24) is 0 Å². The maximum atomic E-state index is 13.3. The fraction of sp³-hybridized carbons (Fsp3) is 0.0870. The third-order valence-corrected chi connectivity index (χ3v) is 4.70. The van der Waals surface area contributed by atoms with Gasteiger partial charge in [0.15, 0.2) is 0 Å². The fourth-order valence-corrected chi connectivity index (χ4v) is 3.24. The number of epoxide rings is 1. The van der Waals surface area contributed by atoms with Gasteiger partial charge in [0.2, 0.25) is 17.2 Å². The number of benzene rings is 3. The van der Waals surface area contributed by atoms with Crippen LogP contribution in [0, 0.1) is 11.3 Å². The van der Waals surface area contributed by atoms with E-state index in [1.165, 1.54) is 0 Å². The zero-order chi connectivity index (χ0) is 18.9. The summed E-state index contributed by atoms with van der Waals surface area (Å²) in [5, 5.41) is 8.97. The van der Waals surface area contributed by atoms with E-state index in [2.05, 4.69) is 6.07 Å². The first-order valence-electron chi connectivity index (χ1n) is 8.54. The van der Waals surface area contributed by atoms with Crippen molar-refractivity contribution in [3.05, 3.63) is 107 Å². The van der Waals surface area contributed by atoms with Gasteiger partial charge < -0.3 is 4.74 Å². The minimum atomic E-state index is -1.57. The van der Waals surface area contributed by atoms with Crippen molar-refractivity contribution >= 4 is 11.6 Å². The summed E-state index contributed by atoms with van der Waals surface area (Å²) in [4.78, 5) is 26.5. The largest absolute Gasteiger partial charge is 0.344 e. The number of nitrogens with zero attached hydrogens (tertiary/aromatic N) is 1. The second-order valence-corrected chi connectivity index (χ2v) is 6.36. The monoisotopic (exact) mass is 353 g/mol. The van der Waals surface area contributed by atoms with Gasteiger partial charge in [-0.2, -0.15) is 5.26 Å². The summed E-state index contributed by atoms with van der Waals surface area (Å²) in [6.07, 6.45) is -0.675. The van der Waals surface area contributed by atoms with Crippen molar-refractivity contribution in [2.24, 2.45) is 0 Å². The molecule has 1 atom stereocenters. The normalized spacial score (nSPS) is 16.9. The zero-order valence-electron chi connectivity index (χ0n) is 14.3. The lowest BCUT2D eigenvalue weighted by Gasteiger charge is -2.12. The highest BCUT2D eigenvalue weighted by molar-refractivity contribution is 6.25. The van der Waals surface area contributed by atoms with E-state index in [1.54, 1.807) is 72.8 Å². The molecule has 0 spiro atoms. The molecule has 1 aliphatic heterocycles. The van der Waals surface area contributed by atoms with Crippen LogP contribution in [0.1, 0.15) is 37.9 Å². The molecule has 4 rings (SSSR count). The number of rotatable bonds is 5. The predicted molar refractivity (Wildman–Crippen MR) is 99.3 cm³/mol. The van der Waals surface area contributed by atoms with Crippen LogP contribution in [0.25, 0.3) is 0 Å². The molecule has 1 heterocycles. The van der Waals surface area contributed by atoms with Gasteiger partial charge in [-0.15, -0.1) is 0 Å². The van der Waals surface area contributed by atoms with Crippen LogP contribution in [0.5, 0.6) is 0 Å². The molecule has 1 aliphatic rings. The van der Waals surface area contributed by atoms with Crippen LogP contribution in [-0.4, -0.2) is 17.2 Å². The summed E-state index contributed by atoms with van der Waals surface area (Å²) in [5.41, 5.74) is 0.490. The number of ketones is 2. The Kier molecular flexibility index (Phi) is 4.15. The Labute approximate surface area is 156 Å². The second-order valence-electron chi connectivity index (χ2n) is 6.36. The fourth-order valence-electron chi connectivity index (χ4n) is 3.24. The van der Waals surface area contributed by atoms with Crippen molar-refractivity contribution in [3.63, 3.8) is 0 Å². The number of Topliss-reactive ketones (excluding diaryl/α,β-unsaturated/α-hetero) is 2. The number of carbonyl (C=O) groups is 2. The predicted octanol–water partition coefficient (Wildman–Crippen LogP) is 4.13. The molecule has 0 amide bonds. The first-order valence-corrected chi connectivity index (χ1v) is 8.54. The smallest absolute Gasteiger partial charge is 0.224 e. The van der Waals surface area contributed by atoms with Crippen molar-refractivity contribution in [3.8, 4) is 6.07 Å². The molecule has 1 saturated heterocycles. The molecular weight excluding hydrogens is 338 g/mol. The number of nitriles is 1. The van der Waals surface area contributed by atoms with Gasteiger partial charge in [0.25, 0.3) is 0 Å². The van der Waals surface area contributed by atoms with Crippen molar-refractivity contribution in [1.29, 1.82) is 5.26 Å². The average Bonchev–Trinajstić information content (AvgIpc) is 3.51. The van der Waals surface area contributed by atoms with E-state index in [4.69, 9.17) is 10.00 Å². The molecule has 3 aromatic rings. The molecule has 0 N–H and O–H groups in total. The molecule has 3 aromatic carbocycles. The lowest BCUT2D eigenvalue weighted by Crippen LogP contribution is -2.35. The third-order valence-electron chi connectivity index (χ3n) is 4.70. The maximum absolute atomic E-state index is 13.3. The lowest BCUT2D eigenvalue weighted by atomic mass is 9.84. The summed E-state index contributed by atoms with van der Waals surface area (Å²) < 4.78 is 5.81. The van der Waals surface area contributed by atoms with E-state index >= 15 is 0 Å². The molecule has 27 heavy (non-hydrogen) atoms. The number of carbonyl (C=O) groups excluding carboxylic acids is 2. The molecule has 0 aliphatic carbocycles. The van der Waals surface area contributed by atoms with Crippen LogP contribution in [0.15, 0.2) is 84.9 Å². The van der Waals surface area contributed by atoms with Gasteiger partial charge in [-0.3, -0.25) is 9.59 Å². The maximum Gasteiger partial charge on any atom is 0.224 e. The Morgan fingerprint density at radius 2 is 1.26 bits per heavy atom. The molecule has 4 heteroatoms. The standard InChI is InChI=1S/C23H15NO3/c24-15-16-11-13-19(14-12-16)22-23(27-22,20(25)17-7-3-1-4-8-17)21(26)18-9-5-2-6-10-18/h1-14,22H/t22-/m1/s1. The number of hydrogen-bond donors (Lipinski definition) is 0. The highest BCUT2D eigenvalue weighted by Gasteiger charge is 2.68. The van der Waals surface area contributed by atoms with Crippen LogP contribution in [0.2, 0.25) is 0 Å². The van der Waals surface area contributed by atoms with Gasteiger partial charge >= 0.3 is 0 Å². The highest BCUT2D eigenvalue weighted by atomic mass is 16.6. The Morgan fingerprint density at radius 1 is 0.778 bits per heavy atom. The van der Waals surface area contributed by atoms with E-state index in [1.807, 2.05) is 12.1 Å². The molecular formula is C23H15NO3. The zero-order valence-corrected chi connectivity index (χ0v) is 14.3. The van der Waals surface area contributed by atoms with Crippen LogP contribution < -0.4 is 0 Å². The lowest BCUT2D eigenvalue weighted by molar-refractivity contribution is 0.0752. The molecule has 0 unspecified atom stereocenters. The summed E-state index contributed by atoms with van der Waals surface area (Å²) in [5.74, 6) is -0.711. The van der Waals surface area contributed by atoms with Gasteiger partial charge in [0.05, 0.1) is 11.6 Å². The molecule has 4 nitrogen and oxygen atoms in total. The minimum absolute atomic E-state index is 0.355. The highest BCUT2D eigenvalue weighted by Crippen LogP contribution is 2.53.